The molecule has 0 saturated heterocycles. The van der Waals surface area contributed by atoms with Gasteiger partial charge in [0.15, 0.2) is 0 Å². The van der Waals surface area contributed by atoms with Crippen LogP contribution in [0.4, 0.5) is 9.59 Å². The van der Waals surface area contributed by atoms with Gasteiger partial charge in [0.2, 0.25) is 0 Å². The Hall–Kier alpha value is -4.58. The normalized spacial score (nSPS) is 10.4. The number of nitrogens with one attached hydrogen (secondary N) is 1. The fourth-order valence-corrected chi connectivity index (χ4v) is 3.75. The number of nitrogens with zero attached hydrogens (tertiary/aromatic N) is 1. The van der Waals surface area contributed by atoms with Crippen LogP contribution in [0.3, 0.4) is 0 Å². The summed E-state index contributed by atoms with van der Waals surface area (Å²) in [6.07, 6.45) is -0.956. The Morgan fingerprint density at radius 1 is 0.722 bits per heavy atom. The third-order valence-electron chi connectivity index (χ3n) is 5.60. The number of ether oxygens (including phenoxy) is 2. The molecule has 0 spiro atoms. The van der Waals surface area contributed by atoms with Gasteiger partial charge in [-0.25, -0.2) is 9.59 Å². The van der Waals surface area contributed by atoms with Crippen LogP contribution in [0.2, 0.25) is 0 Å². The molecule has 6 nitrogen and oxygen atoms in total. The summed E-state index contributed by atoms with van der Waals surface area (Å²) in [7, 11) is 1.71. The lowest BCUT2D eigenvalue weighted by molar-refractivity contribution is 0.139. The maximum atomic E-state index is 12.8. The lowest BCUT2D eigenvalue weighted by atomic mass is 9.99. The zero-order valence-electron chi connectivity index (χ0n) is 20.1. The number of alkyl carbamates (subject to hydrolysis) is 1. The van der Waals surface area contributed by atoms with E-state index < -0.39 is 12.2 Å². The van der Waals surface area contributed by atoms with Crippen molar-refractivity contribution >= 4 is 12.2 Å². The molecule has 0 atom stereocenters. The Balaban J connectivity index is 1.43. The van der Waals surface area contributed by atoms with Crippen LogP contribution in [0.15, 0.2) is 109 Å². The maximum Gasteiger partial charge on any atom is 0.415 e. The highest BCUT2D eigenvalue weighted by Gasteiger charge is 2.17. The van der Waals surface area contributed by atoms with Gasteiger partial charge < -0.3 is 19.7 Å². The molecule has 6 heteroatoms. The molecule has 2 amide bonds. The van der Waals surface area contributed by atoms with E-state index in [0.717, 1.165) is 27.8 Å². The number of carbonyl (C=O) groups excluding carboxylic acids is 2. The van der Waals surface area contributed by atoms with Crippen LogP contribution in [0.1, 0.15) is 16.7 Å². The minimum Gasteiger partial charge on any atom is -0.445 e. The van der Waals surface area contributed by atoms with E-state index in [4.69, 9.17) is 9.47 Å². The van der Waals surface area contributed by atoms with E-state index in [1.54, 1.807) is 13.1 Å². The van der Waals surface area contributed by atoms with Crippen molar-refractivity contribution in [3.05, 3.63) is 126 Å². The van der Waals surface area contributed by atoms with Crippen molar-refractivity contribution < 1.29 is 19.1 Å². The Labute approximate surface area is 211 Å². The first-order valence-electron chi connectivity index (χ1n) is 11.7. The van der Waals surface area contributed by atoms with Crippen molar-refractivity contribution in [2.24, 2.45) is 0 Å². The zero-order chi connectivity index (χ0) is 25.2. The molecule has 0 fully saturated rings. The van der Waals surface area contributed by atoms with Crippen LogP contribution >= 0.6 is 0 Å². The fourth-order valence-electron chi connectivity index (χ4n) is 3.75. The topological polar surface area (TPSA) is 67.9 Å². The third kappa shape index (κ3) is 6.73. The lowest BCUT2D eigenvalue weighted by Gasteiger charge is -2.19. The molecule has 1 N–H and O–H groups in total. The van der Waals surface area contributed by atoms with Crippen molar-refractivity contribution in [2.45, 2.75) is 19.7 Å². The van der Waals surface area contributed by atoms with E-state index in [-0.39, 0.29) is 13.2 Å². The second kappa shape index (κ2) is 12.2. The average Bonchev–Trinajstić information content (AvgIpc) is 2.92. The summed E-state index contributed by atoms with van der Waals surface area (Å²) < 4.78 is 11.1. The first kappa shape index (κ1) is 24.5. The van der Waals surface area contributed by atoms with Crippen LogP contribution in [0, 0.1) is 0 Å². The van der Waals surface area contributed by atoms with E-state index in [0.29, 0.717) is 12.3 Å². The summed E-state index contributed by atoms with van der Waals surface area (Å²) in [6, 6.07) is 34.3. The maximum absolute atomic E-state index is 12.8. The van der Waals surface area contributed by atoms with Crippen LogP contribution in [-0.4, -0.2) is 24.1 Å². The van der Waals surface area contributed by atoms with Crippen molar-refractivity contribution in [2.75, 3.05) is 7.05 Å². The molecule has 36 heavy (non-hydrogen) atoms. The molecule has 0 aliphatic heterocycles. The first-order chi connectivity index (χ1) is 17.6. The standard InChI is InChI=1S/C30H28N2O4/c1-32(21-23-12-4-2-5-13-23)30(34)36-28-19-11-10-18-27(28)26-17-9-8-16-25(26)20-31-29(33)35-22-24-14-6-3-7-15-24/h2-19H,20-22H2,1H3,(H,31,33). The van der Waals surface area contributed by atoms with Gasteiger partial charge in [-0.05, 0) is 28.3 Å². The van der Waals surface area contributed by atoms with Gasteiger partial charge in [0, 0.05) is 25.7 Å². The number of rotatable bonds is 8. The molecule has 0 aliphatic carbocycles. The SMILES string of the molecule is CN(Cc1ccccc1)C(=O)Oc1ccccc1-c1ccccc1CNC(=O)OCc1ccccc1. The second-order valence-electron chi connectivity index (χ2n) is 8.28. The number of para-hydroxylation sites is 1. The van der Waals surface area contributed by atoms with E-state index in [1.807, 2.05) is 103 Å². The van der Waals surface area contributed by atoms with Crippen LogP contribution in [0.25, 0.3) is 11.1 Å². The fraction of sp³-hybridized carbons (Fsp3) is 0.133. The second-order valence-corrected chi connectivity index (χ2v) is 8.28. The molecule has 0 bridgehead atoms. The van der Waals surface area contributed by atoms with Gasteiger partial charge in [-0.3, -0.25) is 0 Å². The zero-order valence-corrected chi connectivity index (χ0v) is 20.1. The predicted molar refractivity (Wildman–Crippen MR) is 139 cm³/mol. The van der Waals surface area contributed by atoms with Crippen LogP contribution in [0.5, 0.6) is 5.75 Å². The summed E-state index contributed by atoms with van der Waals surface area (Å²) in [5.74, 6) is 0.446. The van der Waals surface area contributed by atoms with E-state index in [2.05, 4.69) is 5.32 Å². The van der Waals surface area contributed by atoms with Crippen molar-refractivity contribution in [3.63, 3.8) is 0 Å². The summed E-state index contributed by atoms with van der Waals surface area (Å²) in [6.45, 7) is 0.900. The molecule has 182 valence electrons. The van der Waals surface area contributed by atoms with Gasteiger partial charge >= 0.3 is 12.2 Å². The Morgan fingerprint density at radius 3 is 2.03 bits per heavy atom. The molecular weight excluding hydrogens is 452 g/mol. The van der Waals surface area contributed by atoms with E-state index >= 15 is 0 Å². The van der Waals surface area contributed by atoms with Crippen molar-refractivity contribution in [1.29, 1.82) is 0 Å². The van der Waals surface area contributed by atoms with Gasteiger partial charge in [-0.1, -0.05) is 103 Å². The Morgan fingerprint density at radius 2 is 1.31 bits per heavy atom. The molecule has 4 rings (SSSR count). The molecule has 0 saturated carbocycles. The third-order valence-corrected chi connectivity index (χ3v) is 5.60. The van der Waals surface area contributed by atoms with E-state index in [1.165, 1.54) is 4.90 Å². The Bertz CT molecular complexity index is 1290. The summed E-state index contributed by atoms with van der Waals surface area (Å²) >= 11 is 0. The molecule has 0 heterocycles. The molecular formula is C30H28N2O4. The number of hydrogen-bond acceptors (Lipinski definition) is 4. The molecule has 0 aromatic heterocycles. The van der Waals surface area contributed by atoms with Crippen LogP contribution < -0.4 is 10.1 Å². The minimum atomic E-state index is -0.504. The number of carbonyl (C=O) groups is 2. The number of hydrogen-bond donors (Lipinski definition) is 1. The number of amides is 2. The average molecular weight is 481 g/mol. The number of benzene rings is 4. The summed E-state index contributed by atoms with van der Waals surface area (Å²) in [5, 5.41) is 2.81. The highest BCUT2D eigenvalue weighted by molar-refractivity contribution is 5.79. The molecule has 0 aliphatic rings. The molecule has 4 aromatic carbocycles. The largest absolute Gasteiger partial charge is 0.445 e. The Kier molecular flexibility index (Phi) is 8.33. The van der Waals surface area contributed by atoms with Crippen LogP contribution in [-0.2, 0) is 24.4 Å². The molecule has 0 radical (unpaired) electrons. The highest BCUT2D eigenvalue weighted by atomic mass is 16.6. The summed E-state index contributed by atoms with van der Waals surface area (Å²) in [5.41, 5.74) is 4.42. The van der Waals surface area contributed by atoms with E-state index in [9.17, 15) is 9.59 Å². The molecule has 0 unspecified atom stereocenters. The van der Waals surface area contributed by atoms with Gasteiger partial charge in [0.25, 0.3) is 0 Å². The quantitative estimate of drug-likeness (QED) is 0.316. The smallest absolute Gasteiger partial charge is 0.415 e. The first-order valence-corrected chi connectivity index (χ1v) is 11.7. The van der Waals surface area contributed by atoms with Gasteiger partial charge in [-0.15, -0.1) is 0 Å². The van der Waals surface area contributed by atoms with Gasteiger partial charge in [-0.2, -0.15) is 0 Å². The minimum absolute atomic E-state index is 0.198. The highest BCUT2D eigenvalue weighted by Crippen LogP contribution is 2.32. The van der Waals surface area contributed by atoms with Gasteiger partial charge in [0.1, 0.15) is 12.4 Å². The van der Waals surface area contributed by atoms with Crippen molar-refractivity contribution in [1.82, 2.24) is 10.2 Å². The predicted octanol–water partition coefficient (Wildman–Crippen LogP) is 6.41. The van der Waals surface area contributed by atoms with Gasteiger partial charge in [0.05, 0.1) is 0 Å². The molecule has 4 aromatic rings. The van der Waals surface area contributed by atoms with Crippen molar-refractivity contribution in [3.8, 4) is 16.9 Å². The summed E-state index contributed by atoms with van der Waals surface area (Å²) in [4.78, 5) is 26.6. The lowest BCUT2D eigenvalue weighted by Crippen LogP contribution is -2.29. The monoisotopic (exact) mass is 480 g/mol.